The lowest BCUT2D eigenvalue weighted by Crippen LogP contribution is -2.68. The number of phenolic OH excluding ortho intramolecular Hbond substituents is 2. The number of urea groups is 1. The van der Waals surface area contributed by atoms with Gasteiger partial charge in [0.25, 0.3) is 5.91 Å². The molecule has 0 saturated carbocycles. The average molecular weight is 371 g/mol. The van der Waals surface area contributed by atoms with Crippen LogP contribution in [0.5, 0.6) is 11.5 Å². The van der Waals surface area contributed by atoms with Crippen LogP contribution in [0.1, 0.15) is 12.0 Å². The fraction of sp³-hybridized carbons (Fsp3) is 0.429. The van der Waals surface area contributed by atoms with Crippen LogP contribution in [-0.2, 0) is 21.5 Å². The van der Waals surface area contributed by atoms with Crippen LogP contribution in [0.25, 0.3) is 0 Å². The number of fused-ring (bicyclic) bond motifs is 1. The van der Waals surface area contributed by atoms with Crippen LogP contribution in [0.3, 0.4) is 0 Å². The number of phenols is 2. The van der Waals surface area contributed by atoms with E-state index in [0.29, 0.717) is 16.3 Å². The van der Waals surface area contributed by atoms with Crippen molar-refractivity contribution >= 4 is 22.2 Å². The number of carbonyl (C=O) groups is 2. The molecule has 1 aromatic rings. The molecule has 2 aliphatic rings. The number of aromatic hydroxyl groups is 2. The predicted octanol–water partition coefficient (Wildman–Crippen LogP) is -0.562. The highest BCUT2D eigenvalue weighted by Gasteiger charge is 2.59. The summed E-state index contributed by atoms with van der Waals surface area (Å²) >= 11 is 0. The Labute approximate surface area is 143 Å². The summed E-state index contributed by atoms with van der Waals surface area (Å²) in [5.41, 5.74) is 0.701. The minimum atomic E-state index is -4.60. The standard InChI is InChI=1S/C14H17N3O7S/c18-10-2-1-8(7-11(10)19)3-5-15-14(21)16-6-4-9-12(16)13(20)17(9)25(22,23)24/h1-2,7,9,12,18-19H,3-6H2,(H,15,21)(H,22,23,24)/t9-,12+/m1/s1. The van der Waals surface area contributed by atoms with Crippen molar-refractivity contribution in [1.29, 1.82) is 0 Å². The van der Waals surface area contributed by atoms with E-state index >= 15 is 0 Å². The molecule has 2 saturated heterocycles. The van der Waals surface area contributed by atoms with Crippen molar-refractivity contribution in [2.24, 2.45) is 0 Å². The number of nitrogens with zero attached hydrogens (tertiary/aromatic N) is 2. The lowest BCUT2D eigenvalue weighted by atomic mass is 10.0. The SMILES string of the molecule is O=C(NCCc1ccc(O)c(O)c1)N1CC[C@@H]2[C@H]1C(=O)N2S(=O)(=O)O. The Hall–Kier alpha value is -2.53. The normalized spacial score (nSPS) is 22.5. The van der Waals surface area contributed by atoms with Gasteiger partial charge in [-0.15, -0.1) is 0 Å². The zero-order valence-electron chi connectivity index (χ0n) is 13.0. The highest BCUT2D eigenvalue weighted by Crippen LogP contribution is 2.35. The van der Waals surface area contributed by atoms with Gasteiger partial charge in [-0.25, -0.2) is 9.10 Å². The van der Waals surface area contributed by atoms with Gasteiger partial charge in [-0.2, -0.15) is 8.42 Å². The van der Waals surface area contributed by atoms with Crippen molar-refractivity contribution in [2.45, 2.75) is 24.9 Å². The second-order valence-electron chi connectivity index (χ2n) is 5.91. The Bertz CT molecular complexity index is 826. The van der Waals surface area contributed by atoms with Gasteiger partial charge in [0.1, 0.15) is 6.04 Å². The lowest BCUT2D eigenvalue weighted by Gasteiger charge is -2.42. The monoisotopic (exact) mass is 371 g/mol. The molecule has 0 radical (unpaired) electrons. The molecule has 25 heavy (non-hydrogen) atoms. The summed E-state index contributed by atoms with van der Waals surface area (Å²) < 4.78 is 31.7. The van der Waals surface area contributed by atoms with Gasteiger partial charge in [0, 0.05) is 13.1 Å². The highest BCUT2D eigenvalue weighted by atomic mass is 32.2. The summed E-state index contributed by atoms with van der Waals surface area (Å²) in [5.74, 6) is -1.30. The zero-order valence-corrected chi connectivity index (χ0v) is 13.8. The van der Waals surface area contributed by atoms with Gasteiger partial charge >= 0.3 is 16.3 Å². The van der Waals surface area contributed by atoms with E-state index in [1.165, 1.54) is 17.0 Å². The summed E-state index contributed by atoms with van der Waals surface area (Å²) in [6.07, 6.45) is 0.669. The number of β-lactam (4-membered cyclic amide) rings is 1. The smallest absolute Gasteiger partial charge is 0.362 e. The Balaban J connectivity index is 1.55. The number of amides is 3. The molecule has 3 amide bonds. The molecule has 0 bridgehead atoms. The second-order valence-corrected chi connectivity index (χ2v) is 7.20. The maximum Gasteiger partial charge on any atom is 0.362 e. The summed E-state index contributed by atoms with van der Waals surface area (Å²) in [6, 6.07) is 2.23. The molecule has 3 rings (SSSR count). The molecule has 2 fully saturated rings. The van der Waals surface area contributed by atoms with Crippen LogP contribution in [0.4, 0.5) is 4.79 Å². The summed E-state index contributed by atoms with van der Waals surface area (Å²) in [7, 11) is -4.60. The van der Waals surface area contributed by atoms with Crippen molar-refractivity contribution < 1.29 is 32.8 Å². The van der Waals surface area contributed by atoms with E-state index in [9.17, 15) is 28.2 Å². The molecule has 2 heterocycles. The molecule has 10 nitrogen and oxygen atoms in total. The van der Waals surface area contributed by atoms with Crippen molar-refractivity contribution in [2.75, 3.05) is 13.1 Å². The van der Waals surface area contributed by atoms with Crippen LogP contribution in [-0.4, -0.2) is 69.5 Å². The molecule has 1 aromatic carbocycles. The van der Waals surface area contributed by atoms with Gasteiger partial charge in [-0.3, -0.25) is 9.35 Å². The van der Waals surface area contributed by atoms with Gasteiger partial charge < -0.3 is 20.4 Å². The molecule has 4 N–H and O–H groups in total. The number of likely N-dealkylation sites (tertiary alicyclic amines) is 1. The topological polar surface area (TPSA) is 147 Å². The lowest BCUT2D eigenvalue weighted by molar-refractivity contribution is -0.143. The summed E-state index contributed by atoms with van der Waals surface area (Å²) in [5, 5.41) is 21.3. The Morgan fingerprint density at radius 1 is 1.28 bits per heavy atom. The zero-order chi connectivity index (χ0) is 18.4. The fourth-order valence-corrected chi connectivity index (χ4v) is 4.08. The quantitative estimate of drug-likeness (QED) is 0.315. The largest absolute Gasteiger partial charge is 0.504 e. The number of hydrogen-bond donors (Lipinski definition) is 4. The third-order valence-electron chi connectivity index (χ3n) is 4.38. The number of nitrogens with one attached hydrogen (secondary N) is 1. The Morgan fingerprint density at radius 3 is 2.64 bits per heavy atom. The number of carbonyl (C=O) groups excluding carboxylic acids is 2. The van der Waals surface area contributed by atoms with Gasteiger partial charge in [0.2, 0.25) is 0 Å². The number of benzene rings is 1. The molecule has 0 aliphatic carbocycles. The molecule has 0 aromatic heterocycles. The first-order valence-electron chi connectivity index (χ1n) is 7.56. The molecular weight excluding hydrogens is 354 g/mol. The van der Waals surface area contributed by atoms with Crippen molar-refractivity contribution in [1.82, 2.24) is 14.5 Å². The van der Waals surface area contributed by atoms with Gasteiger partial charge in [-0.1, -0.05) is 6.07 Å². The van der Waals surface area contributed by atoms with Crippen LogP contribution in [0.15, 0.2) is 18.2 Å². The fourth-order valence-electron chi connectivity index (χ4n) is 3.18. The molecule has 0 spiro atoms. The minimum Gasteiger partial charge on any atom is -0.504 e. The van der Waals surface area contributed by atoms with E-state index in [1.807, 2.05) is 0 Å². The van der Waals surface area contributed by atoms with E-state index in [4.69, 9.17) is 4.55 Å². The third-order valence-corrected chi connectivity index (χ3v) is 5.32. The van der Waals surface area contributed by atoms with E-state index in [0.717, 1.165) is 0 Å². The number of hydrogen-bond acceptors (Lipinski definition) is 6. The molecular formula is C14H17N3O7S. The van der Waals surface area contributed by atoms with Crippen LogP contribution < -0.4 is 5.32 Å². The molecule has 2 atom stereocenters. The molecule has 2 aliphatic heterocycles. The summed E-state index contributed by atoms with van der Waals surface area (Å²) in [6.45, 7) is 0.437. The molecule has 0 unspecified atom stereocenters. The van der Waals surface area contributed by atoms with Gasteiger partial charge in [-0.05, 0) is 30.5 Å². The minimum absolute atomic E-state index is 0.207. The maximum absolute atomic E-state index is 12.2. The Kier molecular flexibility index (Phi) is 4.21. The number of rotatable bonds is 4. The van der Waals surface area contributed by atoms with Crippen molar-refractivity contribution in [3.8, 4) is 11.5 Å². The molecule has 11 heteroatoms. The van der Waals surface area contributed by atoms with E-state index < -0.39 is 34.3 Å². The van der Waals surface area contributed by atoms with Gasteiger partial charge in [0.15, 0.2) is 11.5 Å². The first-order chi connectivity index (χ1) is 11.7. The molecule has 136 valence electrons. The first-order valence-corrected chi connectivity index (χ1v) is 8.96. The second kappa shape index (κ2) is 6.08. The average Bonchev–Trinajstić information content (AvgIpc) is 2.88. The Morgan fingerprint density at radius 2 is 2.00 bits per heavy atom. The summed E-state index contributed by atoms with van der Waals surface area (Å²) in [4.78, 5) is 25.3. The maximum atomic E-state index is 12.2. The van der Waals surface area contributed by atoms with E-state index in [2.05, 4.69) is 5.32 Å². The van der Waals surface area contributed by atoms with Gasteiger partial charge in [0.05, 0.1) is 6.04 Å². The van der Waals surface area contributed by atoms with Crippen LogP contribution in [0.2, 0.25) is 0 Å². The van der Waals surface area contributed by atoms with Crippen LogP contribution >= 0.6 is 0 Å². The highest BCUT2D eigenvalue weighted by molar-refractivity contribution is 7.84. The first kappa shape index (κ1) is 17.3. The van der Waals surface area contributed by atoms with E-state index in [1.54, 1.807) is 6.07 Å². The van der Waals surface area contributed by atoms with Crippen molar-refractivity contribution in [3.05, 3.63) is 23.8 Å². The van der Waals surface area contributed by atoms with Crippen LogP contribution in [0, 0.1) is 0 Å². The van der Waals surface area contributed by atoms with Crippen molar-refractivity contribution in [3.63, 3.8) is 0 Å². The van der Waals surface area contributed by atoms with E-state index in [-0.39, 0.29) is 31.0 Å². The predicted molar refractivity (Wildman–Crippen MR) is 84.2 cm³/mol. The third kappa shape index (κ3) is 3.07.